The molecule has 0 spiro atoms. The average molecular weight is 1770 g/mol. The lowest BCUT2D eigenvalue weighted by Gasteiger charge is -2.27. The van der Waals surface area contributed by atoms with Gasteiger partial charge in [0.15, 0.2) is 0 Å². The van der Waals surface area contributed by atoms with Crippen LogP contribution in [0.25, 0.3) is 20.9 Å². The monoisotopic (exact) mass is 1770 g/mol. The summed E-state index contributed by atoms with van der Waals surface area (Å²) in [6, 6.07) is 23.1. The van der Waals surface area contributed by atoms with Crippen molar-refractivity contribution < 1.29 is 106 Å². The van der Waals surface area contributed by atoms with Crippen LogP contribution in [-0.4, -0.2) is 362 Å². The lowest BCUT2D eigenvalue weighted by molar-refractivity contribution is -0.197. The number of rotatable bonds is 39. The van der Waals surface area contributed by atoms with E-state index in [2.05, 4.69) is 54.4 Å². The molecule has 0 aromatic heterocycles. The van der Waals surface area contributed by atoms with Crippen LogP contribution >= 0.6 is 0 Å². The highest BCUT2D eigenvalue weighted by molar-refractivity contribution is 6.01. The standard InChI is InChI=1S/C31H46N4O8.C28H44N6O8.C27H43N3O6.C2H5N3/c1-30(2,3)41-28(39)21-33-15-13-32(14-16-34(18-17-33)22-29(40)42-31(4,5)6)20-24-9-7-23(8-10-24)19-27(38)43-35-25(36)11-12-26(35)37;29-31-30-7-15-41-17-19-42-18-16-40-14-1-2-26(35)20-24-3-5-25(6-4-24)21-32-8-10-33(22-27(36)37)12-13-34(11-9-32)23-28(38)39;1-26(2,3)35-24(33)19-29-13-11-28(18-22-9-7-21(8-10-22)17-23(31)32)12-14-30(16-15-29)20-25(34)36-27(4,5)6;1-2-4-5-3/h7-10H,11-22H2,1-6H3;3-6H,1-2,7-23H2,(H,36,37)(H,38,39);7-10H,11-20H2,1-6H3,(H,31,32);2H2,1H3. The van der Waals surface area contributed by atoms with E-state index in [0.29, 0.717) is 207 Å². The molecule has 0 bridgehead atoms. The number of ketones is 1. The maximum atomic E-state index is 12.6. The Balaban J connectivity index is 0.000000387. The van der Waals surface area contributed by atoms with Gasteiger partial charge in [0.1, 0.15) is 28.2 Å². The summed E-state index contributed by atoms with van der Waals surface area (Å²) in [6.07, 6.45) is 1.48. The fourth-order valence-corrected chi connectivity index (χ4v) is 13.2. The van der Waals surface area contributed by atoms with Gasteiger partial charge in [-0.1, -0.05) is 89.9 Å². The Morgan fingerprint density at radius 3 is 0.897 bits per heavy atom. The molecule has 126 heavy (non-hydrogen) atoms. The predicted octanol–water partition coefficient (Wildman–Crippen LogP) is 7.20. The number of hydrogen-bond acceptors (Lipinski definition) is 30. The molecule has 0 unspecified atom stereocenters. The number of esters is 4. The zero-order valence-corrected chi connectivity index (χ0v) is 76.4. The topological polar surface area (TPSA) is 452 Å². The van der Waals surface area contributed by atoms with E-state index in [1.54, 1.807) is 6.92 Å². The molecule has 38 nitrogen and oxygen atoms in total. The highest BCUT2D eigenvalue weighted by atomic mass is 16.7. The molecule has 0 saturated carbocycles. The summed E-state index contributed by atoms with van der Waals surface area (Å²) in [5.74, 6) is -5.28. The minimum atomic E-state index is -0.896. The molecule has 3 N–H and O–H groups in total. The van der Waals surface area contributed by atoms with Crippen molar-refractivity contribution in [1.82, 2.24) is 49.2 Å². The Hall–Kier alpha value is -9.63. The molecular weight excluding hydrogens is 1630 g/mol. The van der Waals surface area contributed by atoms with Crippen LogP contribution in [0.4, 0.5) is 0 Å². The number of imide groups is 1. The second-order valence-electron chi connectivity index (χ2n) is 35.0. The van der Waals surface area contributed by atoms with E-state index in [9.17, 15) is 63.0 Å². The van der Waals surface area contributed by atoms with E-state index in [-0.39, 0.29) is 94.6 Å². The van der Waals surface area contributed by atoms with Gasteiger partial charge in [-0.05, 0) is 134 Å². The molecule has 4 fully saturated rings. The number of Topliss-reactive ketones (excluding diaryl/α,β-unsaturated/α-hetero) is 1. The summed E-state index contributed by atoms with van der Waals surface area (Å²) < 4.78 is 38.3. The van der Waals surface area contributed by atoms with E-state index in [1.165, 1.54) is 0 Å². The lowest BCUT2D eigenvalue weighted by atomic mass is 10.0. The molecule has 3 aromatic rings. The van der Waals surface area contributed by atoms with Crippen molar-refractivity contribution in [1.29, 1.82) is 0 Å². The maximum Gasteiger partial charge on any atom is 0.337 e. The average Bonchev–Trinajstić information content (AvgIpc) is 1.69. The minimum Gasteiger partial charge on any atom is -0.481 e. The van der Waals surface area contributed by atoms with Crippen molar-refractivity contribution in [3.05, 3.63) is 127 Å². The Kier molecular flexibility index (Phi) is 50.0. The molecule has 702 valence electrons. The SMILES string of the molecule is CC(C)(C)OC(=O)CN1CCN(CC(=O)OC(C)(C)C)CCN(Cc2ccc(CC(=O)O)cc2)CC1.CC(C)(C)OC(=O)CN1CCN(CC(=O)OC(C)(C)C)CCN(Cc2ccc(CC(=O)ON3C(=O)CCC3=O)cc2)CC1.CCN=[N+]=[N-].[N-]=[N+]=NCCOCCOCCOCCCC(=O)Cc1ccc(CN2CCN(CC(=O)O)CCN(CC(=O)O)CC2)cc1. The van der Waals surface area contributed by atoms with Crippen molar-refractivity contribution in [2.75, 3.05) is 210 Å². The second-order valence-corrected chi connectivity index (χ2v) is 35.0. The molecule has 4 aliphatic heterocycles. The van der Waals surface area contributed by atoms with Crippen molar-refractivity contribution in [2.24, 2.45) is 10.2 Å². The van der Waals surface area contributed by atoms with Crippen LogP contribution in [0.5, 0.6) is 0 Å². The van der Waals surface area contributed by atoms with Gasteiger partial charge in [-0.2, -0.15) is 0 Å². The van der Waals surface area contributed by atoms with Gasteiger partial charge in [0.25, 0.3) is 11.8 Å². The first-order chi connectivity index (χ1) is 59.5. The Bertz CT molecular complexity index is 3820. The molecule has 0 aliphatic carbocycles. The van der Waals surface area contributed by atoms with Crippen LogP contribution in [0, 0.1) is 0 Å². The highest BCUT2D eigenvalue weighted by Crippen LogP contribution is 2.20. The van der Waals surface area contributed by atoms with Crippen LogP contribution in [0.3, 0.4) is 0 Å². The molecule has 7 rings (SSSR count). The molecule has 2 amide bonds. The van der Waals surface area contributed by atoms with Crippen LogP contribution in [-0.2, 0) is 130 Å². The molecule has 4 saturated heterocycles. The van der Waals surface area contributed by atoms with Crippen molar-refractivity contribution in [3.8, 4) is 0 Å². The van der Waals surface area contributed by atoms with E-state index >= 15 is 0 Å². The van der Waals surface area contributed by atoms with Gasteiger partial charge in [-0.3, -0.25) is 92.0 Å². The lowest BCUT2D eigenvalue weighted by Crippen LogP contribution is -2.42. The van der Waals surface area contributed by atoms with Crippen LogP contribution in [0.1, 0.15) is 149 Å². The summed E-state index contributed by atoms with van der Waals surface area (Å²) in [7, 11) is 0. The van der Waals surface area contributed by atoms with E-state index in [4.69, 9.17) is 54.2 Å². The van der Waals surface area contributed by atoms with Gasteiger partial charge in [-0.25, -0.2) is 4.79 Å². The maximum absolute atomic E-state index is 12.6. The van der Waals surface area contributed by atoms with Crippen molar-refractivity contribution >= 4 is 65.4 Å². The van der Waals surface area contributed by atoms with Crippen LogP contribution in [0.2, 0.25) is 0 Å². The highest BCUT2D eigenvalue weighted by Gasteiger charge is 2.34. The third kappa shape index (κ3) is 52.5. The summed E-state index contributed by atoms with van der Waals surface area (Å²) in [4.78, 5) is 161. The van der Waals surface area contributed by atoms with Gasteiger partial charge in [-0.15, -0.1) is 5.06 Å². The van der Waals surface area contributed by atoms with Crippen molar-refractivity contribution in [3.63, 3.8) is 0 Å². The van der Waals surface area contributed by atoms with Gasteiger partial charge >= 0.3 is 47.8 Å². The molecule has 4 heterocycles. The number of azide groups is 2. The number of carboxylic acids is 3. The zero-order chi connectivity index (χ0) is 93.3. The number of carboxylic acid groups (broad SMARTS) is 3. The summed E-state index contributed by atoms with van der Waals surface area (Å²) >= 11 is 0. The number of benzene rings is 3. The third-order valence-electron chi connectivity index (χ3n) is 19.1. The number of carbonyl (C=O) groups excluding carboxylic acids is 8. The molecular formula is C88H138N16O22. The van der Waals surface area contributed by atoms with Crippen molar-refractivity contribution in [2.45, 2.75) is 177 Å². The smallest absolute Gasteiger partial charge is 0.337 e. The number of hydroxylamine groups is 2. The normalized spacial score (nSPS) is 16.4. The van der Waals surface area contributed by atoms with Crippen LogP contribution < -0.4 is 0 Å². The van der Waals surface area contributed by atoms with Gasteiger partial charge in [0, 0.05) is 193 Å². The van der Waals surface area contributed by atoms with E-state index in [0.717, 1.165) is 40.9 Å². The summed E-state index contributed by atoms with van der Waals surface area (Å²) in [6.45, 7) is 41.6. The first kappa shape index (κ1) is 109. The van der Waals surface area contributed by atoms with E-state index < -0.39 is 58.1 Å². The van der Waals surface area contributed by atoms with Gasteiger partial charge in [0.2, 0.25) is 0 Å². The molecule has 38 heteroatoms. The number of nitrogens with zero attached hydrogens (tertiary/aromatic N) is 16. The quantitative estimate of drug-likeness (QED) is 0.00966. The third-order valence-corrected chi connectivity index (χ3v) is 19.1. The minimum absolute atomic E-state index is 0.00322. The number of aliphatic carboxylic acids is 3. The summed E-state index contributed by atoms with van der Waals surface area (Å²) in [5.41, 5.74) is 19.1. The van der Waals surface area contributed by atoms with Gasteiger partial charge in [0.05, 0.1) is 85.1 Å². The molecule has 0 atom stereocenters. The Labute approximate surface area is 741 Å². The fraction of sp³-hybridized carbons (Fsp3) is 0.670. The zero-order valence-electron chi connectivity index (χ0n) is 76.4. The number of carbonyl (C=O) groups is 11. The van der Waals surface area contributed by atoms with Crippen LogP contribution in [0.15, 0.2) is 83.0 Å². The first-order valence-corrected chi connectivity index (χ1v) is 43.1. The Morgan fingerprint density at radius 1 is 0.349 bits per heavy atom. The predicted molar refractivity (Wildman–Crippen MR) is 469 cm³/mol. The number of hydrogen-bond donors (Lipinski definition) is 3. The van der Waals surface area contributed by atoms with Gasteiger partial charge < -0.3 is 53.3 Å². The number of ether oxygens (including phenoxy) is 7. The fourth-order valence-electron chi connectivity index (χ4n) is 13.2. The molecule has 0 radical (unpaired) electrons. The molecule has 4 aliphatic rings. The number of amides is 2. The van der Waals surface area contributed by atoms with E-state index in [1.807, 2.05) is 166 Å². The second kappa shape index (κ2) is 58.0. The Morgan fingerprint density at radius 2 is 0.619 bits per heavy atom. The largest absolute Gasteiger partial charge is 0.481 e. The summed E-state index contributed by atoms with van der Waals surface area (Å²) in [5, 5.41) is 34.5. The first-order valence-electron chi connectivity index (χ1n) is 43.1. The molecule has 3 aromatic carbocycles.